The smallest absolute Gasteiger partial charge is 0.0966 e. The van der Waals surface area contributed by atoms with Crippen LogP contribution in [0, 0.1) is 0 Å². The summed E-state index contributed by atoms with van der Waals surface area (Å²) in [7, 11) is 0. The summed E-state index contributed by atoms with van der Waals surface area (Å²) < 4.78 is 0. The van der Waals surface area contributed by atoms with Gasteiger partial charge in [0, 0.05) is 34.7 Å². The summed E-state index contributed by atoms with van der Waals surface area (Å²) in [6.45, 7) is 0. The fraction of sp³-hybridized carbons (Fsp3) is 0.240. The van der Waals surface area contributed by atoms with E-state index in [9.17, 15) is 5.11 Å². The molecule has 0 amide bonds. The molecule has 0 unspecified atom stereocenters. The third-order valence-electron chi connectivity index (χ3n) is 5.89. The molecular formula is C25H25N3O. The predicted molar refractivity (Wildman–Crippen MR) is 118 cm³/mol. The molecule has 146 valence electrons. The normalized spacial score (nSPS) is 15.6. The number of para-hydroxylation sites is 1. The van der Waals surface area contributed by atoms with Crippen molar-refractivity contribution in [3.8, 4) is 0 Å². The molecule has 0 saturated heterocycles. The molecule has 29 heavy (non-hydrogen) atoms. The van der Waals surface area contributed by atoms with Crippen LogP contribution in [0.1, 0.15) is 41.3 Å². The van der Waals surface area contributed by atoms with Crippen LogP contribution in [0.4, 0.5) is 11.4 Å². The van der Waals surface area contributed by atoms with Crippen molar-refractivity contribution in [1.82, 2.24) is 9.97 Å². The quantitative estimate of drug-likeness (QED) is 0.414. The molecule has 0 spiro atoms. The third-order valence-corrected chi connectivity index (χ3v) is 5.89. The van der Waals surface area contributed by atoms with Gasteiger partial charge in [0.15, 0.2) is 0 Å². The van der Waals surface area contributed by atoms with E-state index < -0.39 is 6.10 Å². The molecule has 1 atom stereocenters. The topological polar surface area (TPSA) is 60.9 Å². The van der Waals surface area contributed by atoms with E-state index in [0.29, 0.717) is 0 Å². The molecular weight excluding hydrogens is 358 g/mol. The van der Waals surface area contributed by atoms with Crippen LogP contribution < -0.4 is 5.32 Å². The number of aliphatic hydroxyl groups is 1. The van der Waals surface area contributed by atoms with Gasteiger partial charge in [-0.15, -0.1) is 0 Å². The van der Waals surface area contributed by atoms with Crippen LogP contribution in [0.15, 0.2) is 67.0 Å². The number of rotatable bonds is 6. The van der Waals surface area contributed by atoms with Crippen molar-refractivity contribution in [1.29, 1.82) is 0 Å². The molecule has 4 nitrogen and oxygen atoms in total. The zero-order valence-electron chi connectivity index (χ0n) is 16.4. The molecule has 4 heteroatoms. The highest BCUT2D eigenvalue weighted by Crippen LogP contribution is 2.35. The number of fused-ring (bicyclic) bond motifs is 2. The minimum absolute atomic E-state index is 0.425. The number of hydrogen-bond donors (Lipinski definition) is 3. The van der Waals surface area contributed by atoms with Crippen molar-refractivity contribution in [2.45, 2.75) is 38.2 Å². The van der Waals surface area contributed by atoms with Gasteiger partial charge in [-0.3, -0.25) is 4.98 Å². The Morgan fingerprint density at radius 1 is 1.03 bits per heavy atom. The van der Waals surface area contributed by atoms with Crippen LogP contribution in [0.5, 0.6) is 0 Å². The summed E-state index contributed by atoms with van der Waals surface area (Å²) >= 11 is 0. The third kappa shape index (κ3) is 3.64. The van der Waals surface area contributed by atoms with Gasteiger partial charge in [-0.1, -0.05) is 30.3 Å². The van der Waals surface area contributed by atoms with Crippen LogP contribution in [0.2, 0.25) is 0 Å². The first-order valence-electron chi connectivity index (χ1n) is 10.3. The maximum Gasteiger partial charge on any atom is 0.0966 e. The van der Waals surface area contributed by atoms with E-state index in [1.165, 1.54) is 22.0 Å². The van der Waals surface area contributed by atoms with Crippen LogP contribution in [-0.2, 0) is 19.3 Å². The highest BCUT2D eigenvalue weighted by molar-refractivity contribution is 5.83. The molecule has 0 radical (unpaired) electrons. The Bertz CT molecular complexity index is 1130. The average molecular weight is 383 g/mol. The molecule has 0 bridgehead atoms. The second-order valence-electron chi connectivity index (χ2n) is 7.81. The molecule has 4 aromatic rings. The van der Waals surface area contributed by atoms with Gasteiger partial charge >= 0.3 is 0 Å². The minimum Gasteiger partial charge on any atom is -0.387 e. The maximum absolute atomic E-state index is 10.0. The molecule has 1 aliphatic rings. The number of aryl methyl sites for hydroxylation is 2. The number of nitrogens with zero attached hydrogens (tertiary/aromatic N) is 1. The lowest BCUT2D eigenvalue weighted by atomic mass is 10.0. The molecule has 5 rings (SSSR count). The Morgan fingerprint density at radius 2 is 1.90 bits per heavy atom. The first-order valence-corrected chi connectivity index (χ1v) is 10.3. The molecule has 1 aliphatic carbocycles. The van der Waals surface area contributed by atoms with Crippen molar-refractivity contribution >= 4 is 22.3 Å². The van der Waals surface area contributed by atoms with Crippen molar-refractivity contribution in [2.75, 3.05) is 5.32 Å². The number of benzene rings is 2. The monoisotopic (exact) mass is 383 g/mol. The van der Waals surface area contributed by atoms with Gasteiger partial charge in [-0.05, 0) is 73.1 Å². The van der Waals surface area contributed by atoms with Crippen LogP contribution in [-0.4, -0.2) is 15.1 Å². The fourth-order valence-electron chi connectivity index (χ4n) is 4.33. The lowest BCUT2D eigenvalue weighted by Crippen LogP contribution is -1.99. The lowest BCUT2D eigenvalue weighted by molar-refractivity contribution is 0.176. The van der Waals surface area contributed by atoms with E-state index in [2.05, 4.69) is 70.0 Å². The van der Waals surface area contributed by atoms with Crippen LogP contribution >= 0.6 is 0 Å². The van der Waals surface area contributed by atoms with Crippen molar-refractivity contribution < 1.29 is 5.11 Å². The number of aromatic nitrogens is 2. The average Bonchev–Trinajstić information content (AvgIpc) is 3.34. The second kappa shape index (κ2) is 7.72. The fourth-order valence-corrected chi connectivity index (χ4v) is 4.33. The summed E-state index contributed by atoms with van der Waals surface area (Å²) in [6, 6.07) is 19.2. The number of aromatic amines is 1. The van der Waals surface area contributed by atoms with E-state index in [0.717, 1.165) is 54.7 Å². The number of nitrogens with one attached hydrogen (secondary N) is 2. The largest absolute Gasteiger partial charge is 0.387 e. The van der Waals surface area contributed by atoms with E-state index in [1.54, 1.807) is 6.20 Å². The molecule has 0 saturated carbocycles. The number of aliphatic hydroxyl groups excluding tert-OH is 1. The van der Waals surface area contributed by atoms with Gasteiger partial charge in [0.05, 0.1) is 11.8 Å². The van der Waals surface area contributed by atoms with Gasteiger partial charge in [0.25, 0.3) is 0 Å². The molecule has 3 N–H and O–H groups in total. The highest BCUT2D eigenvalue weighted by Gasteiger charge is 2.24. The van der Waals surface area contributed by atoms with Crippen molar-refractivity contribution in [3.05, 3.63) is 89.4 Å². The van der Waals surface area contributed by atoms with Crippen molar-refractivity contribution in [2.24, 2.45) is 0 Å². The molecule has 0 fully saturated rings. The van der Waals surface area contributed by atoms with Crippen LogP contribution in [0.3, 0.4) is 0 Å². The molecule has 2 aromatic heterocycles. The summed E-state index contributed by atoms with van der Waals surface area (Å²) in [6.07, 6.45) is 8.40. The Hall–Kier alpha value is -3.11. The zero-order valence-corrected chi connectivity index (χ0v) is 16.4. The summed E-state index contributed by atoms with van der Waals surface area (Å²) in [4.78, 5) is 7.70. The number of H-pyrrole nitrogens is 1. The lowest BCUT2D eigenvalue weighted by Gasteiger charge is -2.12. The van der Waals surface area contributed by atoms with E-state index in [1.807, 2.05) is 6.07 Å². The van der Waals surface area contributed by atoms with Gasteiger partial charge in [-0.2, -0.15) is 0 Å². The van der Waals surface area contributed by atoms with Crippen LogP contribution in [0.25, 0.3) is 10.9 Å². The highest BCUT2D eigenvalue weighted by atomic mass is 16.3. The maximum atomic E-state index is 10.0. The number of hydrogen-bond acceptors (Lipinski definition) is 3. The minimum atomic E-state index is -0.425. The van der Waals surface area contributed by atoms with E-state index in [-0.39, 0.29) is 0 Å². The second-order valence-corrected chi connectivity index (χ2v) is 7.81. The van der Waals surface area contributed by atoms with Gasteiger partial charge in [0.1, 0.15) is 0 Å². The molecule has 0 aliphatic heterocycles. The van der Waals surface area contributed by atoms with Crippen molar-refractivity contribution in [3.63, 3.8) is 0 Å². The zero-order chi connectivity index (χ0) is 19.6. The SMILES string of the molecule is O[C@H]1CCc2c(Nc3ccc(CCCc4c[nH]c5ccccc45)cc3)ccnc21. The van der Waals surface area contributed by atoms with Gasteiger partial charge < -0.3 is 15.4 Å². The molecule has 2 aromatic carbocycles. The predicted octanol–water partition coefficient (Wildman–Crippen LogP) is 5.46. The van der Waals surface area contributed by atoms with Gasteiger partial charge in [-0.25, -0.2) is 0 Å². The standard InChI is InChI=1S/C25H25N3O/c29-24-13-12-21-23(14-15-26-25(21)24)28-19-10-8-17(9-11-19)4-3-5-18-16-27-22-7-2-1-6-20(18)22/h1-2,6-11,14-16,24,27,29H,3-5,12-13H2,(H,26,28)/t24-/m0/s1. The van der Waals surface area contributed by atoms with E-state index >= 15 is 0 Å². The van der Waals surface area contributed by atoms with Gasteiger partial charge in [0.2, 0.25) is 0 Å². The summed E-state index contributed by atoms with van der Waals surface area (Å²) in [5.41, 5.74) is 8.05. The first kappa shape index (κ1) is 18.0. The number of anilines is 2. The summed E-state index contributed by atoms with van der Waals surface area (Å²) in [5, 5.41) is 14.9. The Kier molecular flexibility index (Phi) is 4.78. The molecule has 2 heterocycles. The summed E-state index contributed by atoms with van der Waals surface area (Å²) in [5.74, 6) is 0. The Morgan fingerprint density at radius 3 is 2.79 bits per heavy atom. The first-order chi connectivity index (χ1) is 14.3. The number of pyridine rings is 1. The Labute approximate surface area is 170 Å². The van der Waals surface area contributed by atoms with E-state index in [4.69, 9.17) is 0 Å². The Balaban J connectivity index is 1.21.